The molecule has 0 bridgehead atoms. The second-order valence-electron chi connectivity index (χ2n) is 8.04. The van der Waals surface area contributed by atoms with Crippen LogP contribution in [0.1, 0.15) is 66.0 Å². The van der Waals surface area contributed by atoms with Gasteiger partial charge in [-0.15, -0.1) is 0 Å². The molecule has 27 heavy (non-hydrogen) atoms. The highest BCUT2D eigenvalue weighted by molar-refractivity contribution is 5.71. The standard InChI is InChI=1S/C21H34N2O4/c1-7-8-9-12-18(24)26-16-21(5,22-19(25)27-20(2,3)4)14-13-17-11-10-15-23(17)6/h10-11,13-15H,7-9,12,16H2,1-6H3,(H,22,25)/b14-13+/t21-/m1/s1. The van der Waals surface area contributed by atoms with E-state index in [0.717, 1.165) is 25.0 Å². The van der Waals surface area contributed by atoms with Crippen LogP contribution in [0.15, 0.2) is 24.4 Å². The molecule has 0 aliphatic heterocycles. The van der Waals surface area contributed by atoms with E-state index >= 15 is 0 Å². The van der Waals surface area contributed by atoms with Crippen molar-refractivity contribution in [3.05, 3.63) is 30.1 Å². The minimum Gasteiger partial charge on any atom is -0.463 e. The van der Waals surface area contributed by atoms with Gasteiger partial charge in [-0.25, -0.2) is 4.79 Å². The van der Waals surface area contributed by atoms with Crippen molar-refractivity contribution in [3.8, 4) is 0 Å². The van der Waals surface area contributed by atoms with E-state index in [1.54, 1.807) is 27.7 Å². The maximum atomic E-state index is 12.2. The lowest BCUT2D eigenvalue weighted by Crippen LogP contribution is -2.50. The molecule has 1 heterocycles. The third-order valence-corrected chi connectivity index (χ3v) is 3.91. The van der Waals surface area contributed by atoms with Crippen molar-refractivity contribution >= 4 is 18.1 Å². The maximum Gasteiger partial charge on any atom is 0.408 e. The summed E-state index contributed by atoms with van der Waals surface area (Å²) in [7, 11) is 1.94. The number of hydrogen-bond acceptors (Lipinski definition) is 4. The Morgan fingerprint density at radius 2 is 1.93 bits per heavy atom. The van der Waals surface area contributed by atoms with Gasteiger partial charge in [0.25, 0.3) is 0 Å². The van der Waals surface area contributed by atoms with Crippen LogP contribution in [-0.2, 0) is 21.3 Å². The van der Waals surface area contributed by atoms with Crippen LogP contribution in [0.2, 0.25) is 0 Å². The van der Waals surface area contributed by atoms with Crippen LogP contribution in [0.25, 0.3) is 6.08 Å². The molecule has 152 valence electrons. The number of alkyl carbamates (subject to hydrolysis) is 1. The second-order valence-corrected chi connectivity index (χ2v) is 8.04. The number of aryl methyl sites for hydroxylation is 1. The Labute approximate surface area is 162 Å². The molecule has 1 atom stereocenters. The molecule has 1 N–H and O–H groups in total. The predicted octanol–water partition coefficient (Wildman–Crippen LogP) is 4.45. The van der Waals surface area contributed by atoms with E-state index in [9.17, 15) is 9.59 Å². The fourth-order valence-corrected chi connectivity index (χ4v) is 2.40. The first-order valence-electron chi connectivity index (χ1n) is 9.52. The number of carbonyl (C=O) groups excluding carboxylic acids is 2. The molecule has 0 aliphatic rings. The van der Waals surface area contributed by atoms with Crippen molar-refractivity contribution in [2.24, 2.45) is 7.05 Å². The molecular weight excluding hydrogens is 344 g/mol. The number of nitrogens with one attached hydrogen (secondary N) is 1. The zero-order valence-corrected chi connectivity index (χ0v) is 17.5. The Morgan fingerprint density at radius 3 is 2.48 bits per heavy atom. The number of ether oxygens (including phenoxy) is 2. The van der Waals surface area contributed by atoms with Gasteiger partial charge in [-0.05, 0) is 52.3 Å². The van der Waals surface area contributed by atoms with Crippen molar-refractivity contribution in [1.29, 1.82) is 0 Å². The Balaban J connectivity index is 2.81. The first-order valence-corrected chi connectivity index (χ1v) is 9.52. The van der Waals surface area contributed by atoms with Crippen LogP contribution in [0.3, 0.4) is 0 Å². The molecule has 1 aromatic heterocycles. The van der Waals surface area contributed by atoms with E-state index in [0.29, 0.717) is 6.42 Å². The Bertz CT molecular complexity index is 643. The van der Waals surface area contributed by atoms with Crippen LogP contribution in [0.4, 0.5) is 4.79 Å². The average molecular weight is 379 g/mol. The Hall–Kier alpha value is -2.24. The first kappa shape index (κ1) is 22.8. The SMILES string of the molecule is CCCCCC(=O)OC[C@@](C)(/C=C/c1cccn1C)NC(=O)OC(C)(C)C. The molecule has 0 saturated heterocycles. The van der Waals surface area contributed by atoms with E-state index in [2.05, 4.69) is 12.2 Å². The number of amides is 1. The summed E-state index contributed by atoms with van der Waals surface area (Å²) in [5.41, 5.74) is -0.516. The summed E-state index contributed by atoms with van der Waals surface area (Å²) in [5, 5.41) is 2.82. The molecule has 1 amide bonds. The van der Waals surface area contributed by atoms with Gasteiger partial charge in [0, 0.05) is 25.4 Å². The van der Waals surface area contributed by atoms with Crippen LogP contribution >= 0.6 is 0 Å². The third kappa shape index (κ3) is 9.31. The normalized spacial score (nSPS) is 14.0. The van der Waals surface area contributed by atoms with Crippen molar-refractivity contribution in [2.75, 3.05) is 6.61 Å². The van der Waals surface area contributed by atoms with Crippen LogP contribution in [0.5, 0.6) is 0 Å². The lowest BCUT2D eigenvalue weighted by molar-refractivity contribution is -0.145. The van der Waals surface area contributed by atoms with Crippen LogP contribution in [-0.4, -0.2) is 34.4 Å². The fraction of sp³-hybridized carbons (Fsp3) is 0.619. The van der Waals surface area contributed by atoms with Gasteiger partial charge in [0.05, 0.1) is 5.54 Å². The number of nitrogens with zero attached hydrogens (tertiary/aromatic N) is 1. The maximum absolute atomic E-state index is 12.2. The van der Waals surface area contributed by atoms with Crippen molar-refractivity contribution in [1.82, 2.24) is 9.88 Å². The molecule has 0 unspecified atom stereocenters. The summed E-state index contributed by atoms with van der Waals surface area (Å²) in [6.45, 7) is 9.34. The monoisotopic (exact) mass is 378 g/mol. The minimum absolute atomic E-state index is 0.0398. The van der Waals surface area contributed by atoms with Crippen LogP contribution in [0, 0.1) is 0 Å². The van der Waals surface area contributed by atoms with E-state index in [4.69, 9.17) is 9.47 Å². The molecule has 0 aliphatic carbocycles. The summed E-state index contributed by atoms with van der Waals surface area (Å²) < 4.78 is 12.7. The average Bonchev–Trinajstić information content (AvgIpc) is 2.95. The van der Waals surface area contributed by atoms with Gasteiger partial charge in [0.1, 0.15) is 12.2 Å². The molecule has 0 radical (unpaired) electrons. The molecule has 1 rings (SSSR count). The second kappa shape index (κ2) is 10.2. The highest BCUT2D eigenvalue weighted by Crippen LogP contribution is 2.15. The van der Waals surface area contributed by atoms with Crippen molar-refractivity contribution < 1.29 is 19.1 Å². The van der Waals surface area contributed by atoms with E-state index in [1.165, 1.54) is 0 Å². The summed E-state index contributed by atoms with van der Waals surface area (Å²) in [6.07, 6.45) is 8.34. The van der Waals surface area contributed by atoms with Gasteiger partial charge in [-0.3, -0.25) is 4.79 Å². The topological polar surface area (TPSA) is 69.6 Å². The lowest BCUT2D eigenvalue weighted by atomic mass is 10.0. The Morgan fingerprint density at radius 1 is 1.22 bits per heavy atom. The van der Waals surface area contributed by atoms with E-state index < -0.39 is 17.2 Å². The predicted molar refractivity (Wildman–Crippen MR) is 107 cm³/mol. The summed E-state index contributed by atoms with van der Waals surface area (Å²) in [4.78, 5) is 24.2. The summed E-state index contributed by atoms with van der Waals surface area (Å²) >= 11 is 0. The summed E-state index contributed by atoms with van der Waals surface area (Å²) in [5.74, 6) is -0.257. The van der Waals surface area contributed by atoms with E-state index in [-0.39, 0.29) is 12.6 Å². The van der Waals surface area contributed by atoms with Gasteiger partial charge >= 0.3 is 12.1 Å². The zero-order valence-electron chi connectivity index (χ0n) is 17.5. The molecular formula is C21H34N2O4. The molecule has 0 aromatic carbocycles. The highest BCUT2D eigenvalue weighted by Gasteiger charge is 2.28. The van der Waals surface area contributed by atoms with Gasteiger partial charge in [0.2, 0.25) is 0 Å². The quantitative estimate of drug-likeness (QED) is 0.509. The Kier molecular flexibility index (Phi) is 8.60. The zero-order chi connectivity index (χ0) is 20.5. The molecule has 0 fully saturated rings. The third-order valence-electron chi connectivity index (χ3n) is 3.91. The lowest BCUT2D eigenvalue weighted by Gasteiger charge is -2.29. The molecule has 1 aromatic rings. The van der Waals surface area contributed by atoms with Gasteiger partial charge in [-0.2, -0.15) is 0 Å². The fourth-order valence-electron chi connectivity index (χ4n) is 2.40. The molecule has 6 nitrogen and oxygen atoms in total. The van der Waals surface area contributed by atoms with Crippen LogP contribution < -0.4 is 5.32 Å². The van der Waals surface area contributed by atoms with Crippen molar-refractivity contribution in [2.45, 2.75) is 71.4 Å². The molecule has 6 heteroatoms. The number of aromatic nitrogens is 1. The smallest absolute Gasteiger partial charge is 0.408 e. The largest absolute Gasteiger partial charge is 0.463 e. The van der Waals surface area contributed by atoms with Gasteiger partial charge < -0.3 is 19.4 Å². The minimum atomic E-state index is -0.882. The highest BCUT2D eigenvalue weighted by atomic mass is 16.6. The van der Waals surface area contributed by atoms with Gasteiger partial charge in [-0.1, -0.05) is 25.8 Å². The number of hydrogen-bond donors (Lipinski definition) is 1. The van der Waals surface area contributed by atoms with Crippen molar-refractivity contribution in [3.63, 3.8) is 0 Å². The number of rotatable bonds is 9. The molecule has 0 spiro atoms. The molecule has 0 saturated carbocycles. The van der Waals surface area contributed by atoms with Gasteiger partial charge in [0.15, 0.2) is 0 Å². The number of carbonyl (C=O) groups is 2. The van der Waals surface area contributed by atoms with E-state index in [1.807, 2.05) is 42.1 Å². The summed E-state index contributed by atoms with van der Waals surface area (Å²) in [6, 6.07) is 3.90. The first-order chi connectivity index (χ1) is 12.5. The number of unbranched alkanes of at least 4 members (excludes halogenated alkanes) is 2. The number of esters is 1.